The molecule has 0 aliphatic carbocycles. The number of piperidine rings is 2. The Balaban J connectivity index is 1.46. The van der Waals surface area contributed by atoms with Crippen molar-refractivity contribution in [3.63, 3.8) is 0 Å². The summed E-state index contributed by atoms with van der Waals surface area (Å²) in [6.45, 7) is 6.80. The van der Waals surface area contributed by atoms with Gasteiger partial charge in [-0.15, -0.1) is 0 Å². The molecule has 0 N–H and O–H groups in total. The first-order valence-corrected chi connectivity index (χ1v) is 9.02. The predicted molar refractivity (Wildman–Crippen MR) is 92.8 cm³/mol. The summed E-state index contributed by atoms with van der Waals surface area (Å²) in [4.78, 5) is 27.9. The van der Waals surface area contributed by atoms with Crippen LogP contribution in [0.15, 0.2) is 16.9 Å². The first kappa shape index (κ1) is 17.1. The minimum Gasteiger partial charge on any atom is -0.345 e. The van der Waals surface area contributed by atoms with Crippen LogP contribution in [0.5, 0.6) is 0 Å². The van der Waals surface area contributed by atoms with E-state index in [4.69, 9.17) is 0 Å². The predicted octanol–water partition coefficient (Wildman–Crippen LogP) is 1.13. The largest absolute Gasteiger partial charge is 0.345 e. The van der Waals surface area contributed by atoms with Crippen LogP contribution in [-0.4, -0.2) is 58.7 Å². The van der Waals surface area contributed by atoms with Crippen LogP contribution in [0.1, 0.15) is 31.4 Å². The summed E-state index contributed by atoms with van der Waals surface area (Å²) < 4.78 is 1.62. The van der Waals surface area contributed by atoms with E-state index in [9.17, 15) is 9.59 Å². The molecule has 24 heavy (non-hydrogen) atoms. The Kier molecular flexibility index (Phi) is 5.33. The molecule has 0 bridgehead atoms. The number of hydrogen-bond donors (Lipinski definition) is 0. The Bertz CT molecular complexity index is 634. The van der Waals surface area contributed by atoms with E-state index in [1.54, 1.807) is 16.8 Å². The zero-order valence-electron chi connectivity index (χ0n) is 14.8. The van der Waals surface area contributed by atoms with Gasteiger partial charge in [-0.1, -0.05) is 0 Å². The molecule has 132 valence electrons. The molecule has 2 saturated heterocycles. The van der Waals surface area contributed by atoms with Crippen molar-refractivity contribution < 1.29 is 4.79 Å². The fourth-order valence-corrected chi connectivity index (χ4v) is 3.89. The normalized spacial score (nSPS) is 23.7. The number of carbonyl (C=O) groups is 1. The van der Waals surface area contributed by atoms with E-state index < -0.39 is 0 Å². The van der Waals surface area contributed by atoms with Crippen molar-refractivity contribution in [3.8, 4) is 0 Å². The first-order valence-electron chi connectivity index (χ1n) is 9.02. The summed E-state index contributed by atoms with van der Waals surface area (Å²) in [5.41, 5.74) is 0.890. The van der Waals surface area contributed by atoms with Crippen molar-refractivity contribution in [3.05, 3.63) is 28.2 Å². The van der Waals surface area contributed by atoms with Gasteiger partial charge in [0.05, 0.1) is 5.69 Å². The maximum atomic E-state index is 11.9. The molecular formula is C18H28N4O2. The average molecular weight is 332 g/mol. The van der Waals surface area contributed by atoms with Crippen molar-refractivity contribution in [2.24, 2.45) is 11.8 Å². The molecule has 1 amide bonds. The van der Waals surface area contributed by atoms with Crippen LogP contribution in [-0.2, 0) is 11.3 Å². The molecule has 6 nitrogen and oxygen atoms in total. The second-order valence-electron chi connectivity index (χ2n) is 7.42. The van der Waals surface area contributed by atoms with Crippen molar-refractivity contribution >= 4 is 5.91 Å². The van der Waals surface area contributed by atoms with Gasteiger partial charge in [-0.3, -0.25) is 9.59 Å². The fraction of sp³-hybridized carbons (Fsp3) is 0.722. The van der Waals surface area contributed by atoms with Crippen molar-refractivity contribution in [1.29, 1.82) is 0 Å². The molecular weight excluding hydrogens is 304 g/mol. The summed E-state index contributed by atoms with van der Waals surface area (Å²) in [6.07, 6.45) is 3.94. The molecule has 3 rings (SSSR count). The average Bonchev–Trinajstić information content (AvgIpc) is 2.56. The third kappa shape index (κ3) is 4.23. The van der Waals surface area contributed by atoms with Crippen LogP contribution in [0.2, 0.25) is 0 Å². The van der Waals surface area contributed by atoms with Gasteiger partial charge < -0.3 is 9.80 Å². The van der Waals surface area contributed by atoms with Gasteiger partial charge in [0, 0.05) is 39.2 Å². The monoisotopic (exact) mass is 332 g/mol. The SMILES string of the molecule is Cc1ccc(=O)n(CC2CCN(CC3CCC(=O)N(C)C3)CC2)n1. The Hall–Kier alpha value is -1.69. The van der Waals surface area contributed by atoms with Crippen LogP contribution >= 0.6 is 0 Å². The first-order chi connectivity index (χ1) is 11.5. The van der Waals surface area contributed by atoms with E-state index in [1.807, 2.05) is 18.9 Å². The lowest BCUT2D eigenvalue weighted by atomic mass is 9.93. The van der Waals surface area contributed by atoms with Gasteiger partial charge >= 0.3 is 0 Å². The summed E-state index contributed by atoms with van der Waals surface area (Å²) in [5, 5.41) is 4.35. The second kappa shape index (κ2) is 7.47. The van der Waals surface area contributed by atoms with Gasteiger partial charge in [-0.25, -0.2) is 4.68 Å². The summed E-state index contributed by atoms with van der Waals surface area (Å²) in [5.74, 6) is 1.41. The van der Waals surface area contributed by atoms with Gasteiger partial charge in [-0.05, 0) is 57.2 Å². The molecule has 1 aromatic rings. The summed E-state index contributed by atoms with van der Waals surface area (Å²) >= 11 is 0. The molecule has 6 heteroatoms. The Morgan fingerprint density at radius 3 is 2.54 bits per heavy atom. The number of carbonyl (C=O) groups excluding carboxylic acids is 1. The van der Waals surface area contributed by atoms with Gasteiger partial charge in [0.15, 0.2) is 0 Å². The number of aromatic nitrogens is 2. The number of nitrogens with zero attached hydrogens (tertiary/aromatic N) is 4. The number of rotatable bonds is 4. The van der Waals surface area contributed by atoms with E-state index in [-0.39, 0.29) is 11.5 Å². The third-order valence-electron chi connectivity index (χ3n) is 5.38. The zero-order valence-corrected chi connectivity index (χ0v) is 14.8. The lowest BCUT2D eigenvalue weighted by Crippen LogP contribution is -2.44. The smallest absolute Gasteiger partial charge is 0.266 e. The van der Waals surface area contributed by atoms with E-state index in [0.29, 0.717) is 18.3 Å². The Morgan fingerprint density at radius 1 is 1.08 bits per heavy atom. The highest BCUT2D eigenvalue weighted by molar-refractivity contribution is 5.76. The molecule has 0 spiro atoms. The maximum absolute atomic E-state index is 11.9. The van der Waals surface area contributed by atoms with E-state index in [0.717, 1.165) is 57.7 Å². The van der Waals surface area contributed by atoms with Crippen LogP contribution in [0, 0.1) is 18.8 Å². The highest BCUT2D eigenvalue weighted by atomic mass is 16.2. The van der Waals surface area contributed by atoms with Crippen LogP contribution in [0.25, 0.3) is 0 Å². The minimum absolute atomic E-state index is 0.00191. The lowest BCUT2D eigenvalue weighted by Gasteiger charge is -2.37. The second-order valence-corrected chi connectivity index (χ2v) is 7.42. The number of hydrogen-bond acceptors (Lipinski definition) is 4. The summed E-state index contributed by atoms with van der Waals surface area (Å²) in [7, 11) is 1.91. The van der Waals surface area contributed by atoms with E-state index in [2.05, 4.69) is 10.00 Å². The Labute approximate surface area is 143 Å². The quantitative estimate of drug-likeness (QED) is 0.829. The molecule has 3 heterocycles. The van der Waals surface area contributed by atoms with Gasteiger partial charge in [0.2, 0.25) is 5.91 Å². The Morgan fingerprint density at radius 2 is 1.83 bits per heavy atom. The molecule has 1 unspecified atom stereocenters. The zero-order chi connectivity index (χ0) is 17.1. The molecule has 2 fully saturated rings. The standard InChI is InChI=1S/C18H28N4O2/c1-14-3-5-18(24)22(19-14)13-15-7-9-21(10-8-15)12-16-4-6-17(23)20(2)11-16/h3,5,15-16H,4,6-13H2,1-2H3. The third-order valence-corrected chi connectivity index (χ3v) is 5.38. The van der Waals surface area contributed by atoms with Crippen LogP contribution in [0.4, 0.5) is 0 Å². The lowest BCUT2D eigenvalue weighted by molar-refractivity contribution is -0.133. The van der Waals surface area contributed by atoms with Crippen LogP contribution < -0.4 is 5.56 Å². The topological polar surface area (TPSA) is 58.4 Å². The molecule has 1 aromatic heterocycles. The van der Waals surface area contributed by atoms with E-state index in [1.165, 1.54) is 0 Å². The highest BCUT2D eigenvalue weighted by Gasteiger charge is 2.27. The molecule has 0 saturated carbocycles. The van der Waals surface area contributed by atoms with Crippen LogP contribution in [0.3, 0.4) is 0 Å². The molecule has 2 aliphatic rings. The summed E-state index contributed by atoms with van der Waals surface area (Å²) in [6, 6.07) is 3.38. The molecule has 2 aliphatic heterocycles. The fourth-order valence-electron chi connectivity index (χ4n) is 3.89. The number of aryl methyl sites for hydroxylation is 1. The molecule has 0 radical (unpaired) electrons. The van der Waals surface area contributed by atoms with Gasteiger partial charge in [-0.2, -0.15) is 5.10 Å². The van der Waals surface area contributed by atoms with Crippen molar-refractivity contribution in [2.75, 3.05) is 33.2 Å². The molecule has 1 atom stereocenters. The minimum atomic E-state index is -0.00191. The number of amides is 1. The van der Waals surface area contributed by atoms with Gasteiger partial charge in [0.25, 0.3) is 5.56 Å². The van der Waals surface area contributed by atoms with Crippen molar-refractivity contribution in [1.82, 2.24) is 19.6 Å². The molecule has 0 aromatic carbocycles. The van der Waals surface area contributed by atoms with Crippen molar-refractivity contribution in [2.45, 2.75) is 39.2 Å². The maximum Gasteiger partial charge on any atom is 0.266 e. The van der Waals surface area contributed by atoms with Gasteiger partial charge in [0.1, 0.15) is 0 Å². The number of likely N-dealkylation sites (tertiary alicyclic amines) is 2. The van der Waals surface area contributed by atoms with E-state index >= 15 is 0 Å². The highest BCUT2D eigenvalue weighted by Crippen LogP contribution is 2.22.